The lowest BCUT2D eigenvalue weighted by Crippen LogP contribution is -2.24. The van der Waals surface area contributed by atoms with Crippen LogP contribution in [0.4, 0.5) is 5.00 Å². The number of rotatable bonds is 3. The van der Waals surface area contributed by atoms with E-state index in [4.69, 9.17) is 22.1 Å². The molecule has 1 aromatic rings. The first-order valence-electron chi connectivity index (χ1n) is 5.46. The van der Waals surface area contributed by atoms with Crippen LogP contribution in [0.3, 0.4) is 0 Å². The number of aryl methyl sites for hydroxylation is 1. The largest absolute Gasteiger partial charge is 0.370 e. The maximum absolute atomic E-state index is 11.7. The van der Waals surface area contributed by atoms with Crippen LogP contribution >= 0.6 is 23.1 Å². The normalized spacial score (nSPS) is 9.65. The molecule has 0 bridgehead atoms. The number of amidine groups is 1. The molecule has 0 unspecified atom stereocenters. The van der Waals surface area contributed by atoms with Crippen LogP contribution in [0.1, 0.15) is 16.0 Å². The summed E-state index contributed by atoms with van der Waals surface area (Å²) in [5.41, 5.74) is 11.6. The molecule has 0 aliphatic carbocycles. The Morgan fingerprint density at radius 1 is 1.55 bits per heavy atom. The van der Waals surface area contributed by atoms with Crippen LogP contribution < -0.4 is 16.8 Å². The number of aliphatic imine (C=N–C) groups is 1. The van der Waals surface area contributed by atoms with Gasteiger partial charge in [-0.25, -0.2) is 0 Å². The molecule has 0 aliphatic heterocycles. The molecular formula is C11H14N6OS2. The van der Waals surface area contributed by atoms with Crippen molar-refractivity contribution in [3.63, 3.8) is 0 Å². The monoisotopic (exact) mass is 310 g/mol. The van der Waals surface area contributed by atoms with Gasteiger partial charge in [-0.3, -0.25) is 10.2 Å². The van der Waals surface area contributed by atoms with E-state index < -0.39 is 0 Å². The number of nitrogens with one attached hydrogen (secondary N) is 2. The lowest BCUT2D eigenvalue weighted by atomic mass is 10.2. The number of thioether (sulfide) groups is 1. The van der Waals surface area contributed by atoms with E-state index >= 15 is 0 Å². The summed E-state index contributed by atoms with van der Waals surface area (Å²) in [5.74, 6) is -0.543. The van der Waals surface area contributed by atoms with Gasteiger partial charge in [0.2, 0.25) is 5.91 Å². The van der Waals surface area contributed by atoms with Crippen molar-refractivity contribution in [1.82, 2.24) is 0 Å². The zero-order chi connectivity index (χ0) is 15.3. The number of hydrogen-bond donors (Lipinski definition) is 4. The van der Waals surface area contributed by atoms with Crippen molar-refractivity contribution in [3.8, 4) is 6.07 Å². The summed E-state index contributed by atoms with van der Waals surface area (Å²) in [6.07, 6.45) is 0. The van der Waals surface area contributed by atoms with Gasteiger partial charge >= 0.3 is 0 Å². The average molecular weight is 310 g/mol. The molecule has 0 saturated heterocycles. The van der Waals surface area contributed by atoms with E-state index in [9.17, 15) is 4.79 Å². The fourth-order valence-electron chi connectivity index (χ4n) is 1.30. The average Bonchev–Trinajstić information content (AvgIpc) is 2.61. The van der Waals surface area contributed by atoms with E-state index in [1.54, 1.807) is 0 Å². The summed E-state index contributed by atoms with van der Waals surface area (Å²) in [6, 6.07) is 2.07. The number of hydrogen-bond acceptors (Lipinski definition) is 5. The second-order valence-electron chi connectivity index (χ2n) is 3.78. The van der Waals surface area contributed by atoms with Crippen molar-refractivity contribution in [2.75, 3.05) is 11.1 Å². The number of amides is 1. The zero-order valence-electron chi connectivity index (χ0n) is 11.0. The summed E-state index contributed by atoms with van der Waals surface area (Å²) in [4.78, 5) is 16.2. The Kier molecular flexibility index (Phi) is 5.54. The Bertz CT molecular complexity index is 609. The SMILES string of the molecule is Cc1sc(NC(=O)CSC(=N)N=C(N)N)c(C#N)c1C. The van der Waals surface area contributed by atoms with Crippen LogP contribution in [-0.2, 0) is 4.79 Å². The van der Waals surface area contributed by atoms with Crippen LogP contribution in [0, 0.1) is 30.6 Å². The molecule has 1 rings (SSSR count). The van der Waals surface area contributed by atoms with Crippen LogP contribution in [-0.4, -0.2) is 22.8 Å². The van der Waals surface area contributed by atoms with Crippen LogP contribution in [0.2, 0.25) is 0 Å². The Balaban J connectivity index is 2.64. The van der Waals surface area contributed by atoms with Gasteiger partial charge in [0.05, 0.1) is 11.3 Å². The molecule has 106 valence electrons. The Morgan fingerprint density at radius 3 is 2.75 bits per heavy atom. The highest BCUT2D eigenvalue weighted by Crippen LogP contribution is 2.31. The minimum Gasteiger partial charge on any atom is -0.370 e. The van der Waals surface area contributed by atoms with E-state index in [1.165, 1.54) is 11.3 Å². The van der Waals surface area contributed by atoms with Crippen molar-refractivity contribution in [2.24, 2.45) is 16.5 Å². The maximum Gasteiger partial charge on any atom is 0.235 e. The molecule has 1 amide bonds. The Morgan fingerprint density at radius 2 is 2.20 bits per heavy atom. The molecule has 0 spiro atoms. The van der Waals surface area contributed by atoms with Gasteiger partial charge in [-0.2, -0.15) is 10.3 Å². The molecule has 7 nitrogen and oxygen atoms in total. The van der Waals surface area contributed by atoms with E-state index in [0.717, 1.165) is 22.2 Å². The van der Waals surface area contributed by atoms with E-state index in [0.29, 0.717) is 10.6 Å². The number of carbonyl (C=O) groups excluding carboxylic acids is 1. The third-order valence-corrected chi connectivity index (χ3v) is 4.21. The Hall–Kier alpha value is -2.05. The lowest BCUT2D eigenvalue weighted by molar-refractivity contribution is -0.113. The number of guanidine groups is 1. The summed E-state index contributed by atoms with van der Waals surface area (Å²) in [6.45, 7) is 3.73. The van der Waals surface area contributed by atoms with Crippen LogP contribution in [0.25, 0.3) is 0 Å². The minimum absolute atomic E-state index is 0.00349. The molecule has 1 heterocycles. The molecule has 20 heavy (non-hydrogen) atoms. The number of nitrogens with zero attached hydrogens (tertiary/aromatic N) is 2. The summed E-state index contributed by atoms with van der Waals surface area (Å²) >= 11 is 2.26. The van der Waals surface area contributed by atoms with Crippen LogP contribution in [0.15, 0.2) is 4.99 Å². The second-order valence-corrected chi connectivity index (χ2v) is 5.97. The Labute approximate surface area is 124 Å². The molecule has 0 aliphatic rings. The van der Waals surface area contributed by atoms with Gasteiger partial charge in [0.15, 0.2) is 11.1 Å². The lowest BCUT2D eigenvalue weighted by Gasteiger charge is -2.02. The van der Waals surface area contributed by atoms with Gasteiger partial charge in [-0.15, -0.1) is 11.3 Å². The fraction of sp³-hybridized carbons (Fsp3) is 0.273. The van der Waals surface area contributed by atoms with E-state index in [2.05, 4.69) is 16.4 Å². The number of carbonyl (C=O) groups is 1. The molecule has 0 radical (unpaired) electrons. The van der Waals surface area contributed by atoms with E-state index in [1.807, 2.05) is 13.8 Å². The minimum atomic E-state index is -0.316. The first kappa shape index (κ1) is 16.0. The topological polar surface area (TPSA) is 141 Å². The quantitative estimate of drug-likeness (QED) is 0.489. The van der Waals surface area contributed by atoms with Gasteiger partial charge in [0.25, 0.3) is 0 Å². The van der Waals surface area contributed by atoms with Gasteiger partial charge in [-0.05, 0) is 19.4 Å². The first-order valence-corrected chi connectivity index (χ1v) is 7.26. The van der Waals surface area contributed by atoms with Gasteiger partial charge in [0.1, 0.15) is 11.1 Å². The highest BCUT2D eigenvalue weighted by atomic mass is 32.2. The zero-order valence-corrected chi connectivity index (χ0v) is 12.6. The molecule has 0 atom stereocenters. The van der Waals surface area contributed by atoms with Crippen molar-refractivity contribution < 1.29 is 4.79 Å². The number of thiophene rings is 1. The highest BCUT2D eigenvalue weighted by Gasteiger charge is 2.14. The highest BCUT2D eigenvalue weighted by molar-refractivity contribution is 8.14. The molecule has 6 N–H and O–H groups in total. The predicted octanol–water partition coefficient (Wildman–Crippen LogP) is 1.12. The summed E-state index contributed by atoms with van der Waals surface area (Å²) in [5, 5.41) is 19.5. The number of nitrogens with two attached hydrogens (primary N) is 2. The van der Waals surface area contributed by atoms with Crippen molar-refractivity contribution in [1.29, 1.82) is 10.7 Å². The third-order valence-electron chi connectivity index (χ3n) is 2.32. The van der Waals surface area contributed by atoms with Gasteiger partial charge in [-0.1, -0.05) is 11.8 Å². The molecule has 0 saturated carbocycles. The summed E-state index contributed by atoms with van der Waals surface area (Å²) in [7, 11) is 0. The third kappa shape index (κ3) is 4.25. The van der Waals surface area contributed by atoms with Crippen molar-refractivity contribution in [2.45, 2.75) is 13.8 Å². The second kappa shape index (κ2) is 6.93. The molecule has 0 aromatic carbocycles. The van der Waals surface area contributed by atoms with Gasteiger partial charge in [0, 0.05) is 4.88 Å². The maximum atomic E-state index is 11.7. The molecule has 0 fully saturated rings. The molecule has 9 heteroatoms. The standard InChI is InChI=1S/C11H14N6OS2/c1-5-6(2)20-9(7(5)3-12)16-8(18)4-19-11(15)17-10(13)14/h4H2,1-2H3,(H,16,18)(H5,13,14,15,17). The number of nitriles is 1. The first-order chi connectivity index (χ1) is 9.35. The molecular weight excluding hydrogens is 296 g/mol. The van der Waals surface area contributed by atoms with Gasteiger partial charge < -0.3 is 16.8 Å². The number of anilines is 1. The summed E-state index contributed by atoms with van der Waals surface area (Å²) < 4.78 is 0. The van der Waals surface area contributed by atoms with Crippen LogP contribution in [0.5, 0.6) is 0 Å². The predicted molar refractivity (Wildman–Crippen MR) is 83.1 cm³/mol. The molecule has 1 aromatic heterocycles. The fourth-order valence-corrected chi connectivity index (χ4v) is 2.83. The van der Waals surface area contributed by atoms with Crippen molar-refractivity contribution >= 4 is 45.1 Å². The van der Waals surface area contributed by atoms with E-state index in [-0.39, 0.29) is 22.8 Å². The smallest absolute Gasteiger partial charge is 0.235 e. The van der Waals surface area contributed by atoms with Crippen molar-refractivity contribution in [3.05, 3.63) is 16.0 Å².